The standard InChI is InChI=1S/C6H5N3O3S/c10-1-4(9-12)5-2-13-6(8-5)7-3-11/h1-3,12H,(H,7,8,11). The van der Waals surface area contributed by atoms with Gasteiger partial charge in [-0.1, -0.05) is 5.16 Å². The van der Waals surface area contributed by atoms with Gasteiger partial charge in [0.15, 0.2) is 17.1 Å². The molecule has 0 aliphatic carbocycles. The Balaban J connectivity index is 2.90. The fourth-order valence-corrected chi connectivity index (χ4v) is 1.31. The molecule has 1 aromatic rings. The van der Waals surface area contributed by atoms with Crippen molar-refractivity contribution >= 4 is 34.9 Å². The summed E-state index contributed by atoms with van der Waals surface area (Å²) in [5.41, 5.74) is 0.0575. The molecule has 7 heteroatoms. The number of rotatable bonds is 4. The van der Waals surface area contributed by atoms with Crippen LogP contribution in [0.4, 0.5) is 5.13 Å². The van der Waals surface area contributed by atoms with E-state index < -0.39 is 0 Å². The SMILES string of the molecule is O=CNc1nc(C(C=O)=NO)cs1. The van der Waals surface area contributed by atoms with Crippen molar-refractivity contribution in [2.75, 3.05) is 5.32 Å². The maximum Gasteiger partial charge on any atom is 0.213 e. The first-order valence-corrected chi connectivity index (χ1v) is 4.03. The van der Waals surface area contributed by atoms with Gasteiger partial charge >= 0.3 is 0 Å². The summed E-state index contributed by atoms with van der Waals surface area (Å²) in [5.74, 6) is 0. The summed E-state index contributed by atoms with van der Waals surface area (Å²) in [7, 11) is 0. The number of thiazole rings is 1. The number of hydrogen-bond donors (Lipinski definition) is 2. The van der Waals surface area contributed by atoms with Crippen molar-refractivity contribution in [3.63, 3.8) is 0 Å². The number of oxime groups is 1. The highest BCUT2D eigenvalue weighted by atomic mass is 32.1. The van der Waals surface area contributed by atoms with E-state index in [1.807, 2.05) is 0 Å². The molecular formula is C6H5N3O3S. The first kappa shape index (κ1) is 9.33. The van der Waals surface area contributed by atoms with Gasteiger partial charge in [0.1, 0.15) is 5.69 Å². The number of nitrogens with one attached hydrogen (secondary N) is 1. The molecule has 1 heterocycles. The van der Waals surface area contributed by atoms with Crippen molar-refractivity contribution in [1.82, 2.24) is 4.98 Å². The lowest BCUT2D eigenvalue weighted by molar-refractivity contribution is -0.105. The quantitative estimate of drug-likeness (QED) is 0.311. The van der Waals surface area contributed by atoms with Crippen molar-refractivity contribution < 1.29 is 14.8 Å². The molecule has 6 nitrogen and oxygen atoms in total. The van der Waals surface area contributed by atoms with Gasteiger partial charge in [-0.2, -0.15) is 0 Å². The van der Waals surface area contributed by atoms with Crippen LogP contribution in [0.5, 0.6) is 0 Å². The lowest BCUT2D eigenvalue weighted by Crippen LogP contribution is -2.03. The molecule has 0 aliphatic heterocycles. The van der Waals surface area contributed by atoms with Crippen LogP contribution in [0.2, 0.25) is 0 Å². The third kappa shape index (κ3) is 2.09. The topological polar surface area (TPSA) is 91.7 Å². The molecule has 0 unspecified atom stereocenters. The lowest BCUT2D eigenvalue weighted by Gasteiger charge is -1.88. The first-order valence-electron chi connectivity index (χ1n) is 3.15. The zero-order valence-corrected chi connectivity index (χ0v) is 7.11. The highest BCUT2D eigenvalue weighted by Crippen LogP contribution is 2.14. The van der Waals surface area contributed by atoms with E-state index >= 15 is 0 Å². The Labute approximate surface area is 76.9 Å². The molecule has 13 heavy (non-hydrogen) atoms. The van der Waals surface area contributed by atoms with Gasteiger partial charge in [-0.05, 0) is 0 Å². The van der Waals surface area contributed by atoms with Crippen LogP contribution in [0.3, 0.4) is 0 Å². The molecule has 0 atom stereocenters. The fraction of sp³-hybridized carbons (Fsp3) is 0. The van der Waals surface area contributed by atoms with E-state index in [4.69, 9.17) is 5.21 Å². The monoisotopic (exact) mass is 199 g/mol. The number of aromatic nitrogens is 1. The van der Waals surface area contributed by atoms with Gasteiger partial charge in [-0.25, -0.2) is 4.98 Å². The smallest absolute Gasteiger partial charge is 0.213 e. The average Bonchev–Trinajstić information content (AvgIpc) is 2.56. The van der Waals surface area contributed by atoms with E-state index in [1.54, 1.807) is 0 Å². The summed E-state index contributed by atoms with van der Waals surface area (Å²) < 4.78 is 0. The maximum atomic E-state index is 10.3. The lowest BCUT2D eigenvalue weighted by atomic mass is 10.3. The summed E-state index contributed by atoms with van der Waals surface area (Å²) in [5, 5.41) is 15.2. The minimum Gasteiger partial charge on any atom is -0.410 e. The van der Waals surface area contributed by atoms with Crippen molar-refractivity contribution in [2.45, 2.75) is 0 Å². The van der Waals surface area contributed by atoms with Crippen LogP contribution in [0, 0.1) is 0 Å². The molecule has 0 radical (unpaired) electrons. The maximum absolute atomic E-state index is 10.3. The second-order valence-electron chi connectivity index (χ2n) is 1.90. The molecule has 0 saturated carbocycles. The number of aldehydes is 1. The number of hydrogen-bond acceptors (Lipinski definition) is 6. The molecule has 0 saturated heterocycles. The number of amides is 1. The minimum atomic E-state index is -0.171. The first-order chi connectivity index (χ1) is 6.31. The van der Waals surface area contributed by atoms with Crippen LogP contribution in [-0.2, 0) is 9.59 Å². The van der Waals surface area contributed by atoms with Gasteiger partial charge < -0.3 is 10.5 Å². The van der Waals surface area contributed by atoms with E-state index in [9.17, 15) is 9.59 Å². The second-order valence-corrected chi connectivity index (χ2v) is 2.76. The Morgan fingerprint density at radius 1 is 1.69 bits per heavy atom. The summed E-state index contributed by atoms with van der Waals surface area (Å²) in [4.78, 5) is 24.1. The molecule has 0 bridgehead atoms. The Hall–Kier alpha value is -1.76. The van der Waals surface area contributed by atoms with Crippen LogP contribution in [0.25, 0.3) is 0 Å². The van der Waals surface area contributed by atoms with Gasteiger partial charge in [0.05, 0.1) is 0 Å². The van der Waals surface area contributed by atoms with Crippen molar-refractivity contribution in [1.29, 1.82) is 0 Å². The van der Waals surface area contributed by atoms with Crippen LogP contribution in [-0.4, -0.2) is 28.6 Å². The molecular weight excluding hydrogens is 194 g/mol. The summed E-state index contributed by atoms with van der Waals surface area (Å²) in [6, 6.07) is 0. The number of anilines is 1. The second kappa shape index (κ2) is 4.31. The van der Waals surface area contributed by atoms with Gasteiger partial charge in [0.25, 0.3) is 0 Å². The van der Waals surface area contributed by atoms with Crippen LogP contribution in [0.1, 0.15) is 5.69 Å². The highest BCUT2D eigenvalue weighted by molar-refractivity contribution is 7.14. The predicted octanol–water partition coefficient (Wildman–Crippen LogP) is 0.0886. The fourth-order valence-electron chi connectivity index (χ4n) is 0.643. The summed E-state index contributed by atoms with van der Waals surface area (Å²) >= 11 is 1.13. The molecule has 0 spiro atoms. The molecule has 0 aliphatic rings. The van der Waals surface area contributed by atoms with Crippen molar-refractivity contribution in [2.24, 2.45) is 5.16 Å². The number of carbonyl (C=O) groups is 2. The van der Waals surface area contributed by atoms with Gasteiger partial charge in [0, 0.05) is 5.38 Å². The van der Waals surface area contributed by atoms with E-state index in [0.717, 1.165) is 11.3 Å². The number of carbonyl (C=O) groups excluding carboxylic acids is 2. The Morgan fingerprint density at radius 3 is 3.00 bits per heavy atom. The minimum absolute atomic E-state index is 0.171. The molecule has 1 rings (SSSR count). The van der Waals surface area contributed by atoms with Crippen LogP contribution < -0.4 is 5.32 Å². The van der Waals surface area contributed by atoms with E-state index in [1.165, 1.54) is 5.38 Å². The zero-order valence-electron chi connectivity index (χ0n) is 6.30. The highest BCUT2D eigenvalue weighted by Gasteiger charge is 2.07. The summed E-state index contributed by atoms with van der Waals surface area (Å²) in [6.07, 6.45) is 0.846. The van der Waals surface area contributed by atoms with Crippen LogP contribution >= 0.6 is 11.3 Å². The van der Waals surface area contributed by atoms with Gasteiger partial charge in [-0.3, -0.25) is 9.59 Å². The van der Waals surface area contributed by atoms with Gasteiger partial charge in [-0.15, -0.1) is 11.3 Å². The van der Waals surface area contributed by atoms with E-state index in [-0.39, 0.29) is 11.4 Å². The summed E-state index contributed by atoms with van der Waals surface area (Å²) in [6.45, 7) is 0. The normalized spacial score (nSPS) is 10.9. The van der Waals surface area contributed by atoms with Crippen LogP contribution in [0.15, 0.2) is 10.5 Å². The van der Waals surface area contributed by atoms with E-state index in [2.05, 4.69) is 15.5 Å². The Kier molecular flexibility index (Phi) is 3.09. The zero-order chi connectivity index (χ0) is 9.68. The third-order valence-electron chi connectivity index (χ3n) is 1.17. The molecule has 0 fully saturated rings. The largest absolute Gasteiger partial charge is 0.410 e. The molecule has 0 aromatic carbocycles. The third-order valence-corrected chi connectivity index (χ3v) is 1.94. The molecule has 68 valence electrons. The van der Waals surface area contributed by atoms with Crippen molar-refractivity contribution in [3.8, 4) is 0 Å². The molecule has 1 aromatic heterocycles. The van der Waals surface area contributed by atoms with E-state index in [0.29, 0.717) is 17.8 Å². The Bertz CT molecular complexity index is 347. The molecule has 1 amide bonds. The average molecular weight is 199 g/mol. The number of nitrogens with zero attached hydrogens (tertiary/aromatic N) is 2. The Morgan fingerprint density at radius 2 is 2.46 bits per heavy atom. The van der Waals surface area contributed by atoms with Crippen molar-refractivity contribution in [3.05, 3.63) is 11.1 Å². The van der Waals surface area contributed by atoms with Gasteiger partial charge in [0.2, 0.25) is 6.41 Å². The molecule has 2 N–H and O–H groups in total. The predicted molar refractivity (Wildman–Crippen MR) is 46.2 cm³/mol.